The highest BCUT2D eigenvalue weighted by Gasteiger charge is 2.25. The lowest BCUT2D eigenvalue weighted by atomic mass is 10.2. The number of nitrogens with two attached hydrogens (primary N) is 1. The lowest BCUT2D eigenvalue weighted by Crippen LogP contribution is -2.26. The first-order chi connectivity index (χ1) is 9.22. The van der Waals surface area contributed by atoms with Gasteiger partial charge in [-0.05, 0) is 44.2 Å². The van der Waals surface area contributed by atoms with E-state index >= 15 is 0 Å². The van der Waals surface area contributed by atoms with E-state index in [1.165, 1.54) is 12.8 Å². The third kappa shape index (κ3) is 2.96. The summed E-state index contributed by atoms with van der Waals surface area (Å²) in [4.78, 5) is 6.83. The summed E-state index contributed by atoms with van der Waals surface area (Å²) in [6, 6.07) is 10.4. The Bertz CT molecular complexity index is 581. The maximum absolute atomic E-state index is 5.75. The van der Waals surface area contributed by atoms with Crippen LogP contribution in [0.25, 0.3) is 10.9 Å². The Balaban J connectivity index is 1.62. The van der Waals surface area contributed by atoms with Crippen LogP contribution in [0.2, 0.25) is 0 Å². The quantitative estimate of drug-likeness (QED) is 0.835. The number of aromatic nitrogens is 1. The second-order valence-electron chi connectivity index (χ2n) is 5.16. The van der Waals surface area contributed by atoms with E-state index < -0.39 is 0 Å². The van der Waals surface area contributed by atoms with Crippen LogP contribution in [0.15, 0.2) is 30.3 Å². The zero-order valence-corrected chi connectivity index (χ0v) is 11.2. The molecule has 4 nitrogen and oxygen atoms in total. The summed E-state index contributed by atoms with van der Waals surface area (Å²) in [5.41, 5.74) is 7.42. The minimum Gasteiger partial charge on any atom is -0.476 e. The maximum Gasteiger partial charge on any atom is 0.213 e. The molecule has 1 aromatic heterocycles. The van der Waals surface area contributed by atoms with Crippen molar-refractivity contribution < 1.29 is 4.74 Å². The summed E-state index contributed by atoms with van der Waals surface area (Å²) < 4.78 is 5.71. The number of hydrogen-bond donors (Lipinski definition) is 1. The number of rotatable bonds is 5. The number of anilines is 1. The van der Waals surface area contributed by atoms with Crippen LogP contribution in [-0.4, -0.2) is 36.1 Å². The Morgan fingerprint density at radius 1 is 1.32 bits per heavy atom. The molecule has 1 saturated carbocycles. The highest BCUT2D eigenvalue weighted by Crippen LogP contribution is 2.25. The third-order valence-electron chi connectivity index (χ3n) is 3.55. The zero-order valence-electron chi connectivity index (χ0n) is 11.2. The van der Waals surface area contributed by atoms with Crippen molar-refractivity contribution >= 4 is 16.6 Å². The fourth-order valence-corrected chi connectivity index (χ4v) is 2.20. The van der Waals surface area contributed by atoms with Gasteiger partial charge in [-0.3, -0.25) is 0 Å². The van der Waals surface area contributed by atoms with Gasteiger partial charge in [0.25, 0.3) is 0 Å². The molecule has 0 bridgehead atoms. The maximum atomic E-state index is 5.75. The minimum atomic E-state index is 0.681. The van der Waals surface area contributed by atoms with E-state index in [1.807, 2.05) is 30.3 Å². The molecule has 2 aromatic rings. The van der Waals surface area contributed by atoms with E-state index in [0.29, 0.717) is 12.5 Å². The van der Waals surface area contributed by atoms with Crippen molar-refractivity contribution in [1.82, 2.24) is 9.88 Å². The van der Waals surface area contributed by atoms with Crippen LogP contribution in [0.3, 0.4) is 0 Å². The molecule has 2 N–H and O–H groups in total. The Labute approximate surface area is 113 Å². The molecule has 100 valence electrons. The molecular weight excluding hydrogens is 238 g/mol. The SMILES string of the molecule is CN(CCOc1ccc2cc(N)ccc2n1)C1CC1. The molecule has 0 saturated heterocycles. The van der Waals surface area contributed by atoms with Crippen molar-refractivity contribution in [2.75, 3.05) is 25.9 Å². The number of hydrogen-bond acceptors (Lipinski definition) is 4. The molecule has 1 heterocycles. The average Bonchev–Trinajstić information content (AvgIpc) is 3.23. The topological polar surface area (TPSA) is 51.4 Å². The van der Waals surface area contributed by atoms with Gasteiger partial charge in [0.05, 0.1) is 5.52 Å². The number of nitrogens with zero attached hydrogens (tertiary/aromatic N) is 2. The minimum absolute atomic E-state index is 0.681. The van der Waals surface area contributed by atoms with E-state index in [4.69, 9.17) is 10.5 Å². The van der Waals surface area contributed by atoms with Gasteiger partial charge < -0.3 is 15.4 Å². The normalized spacial score (nSPS) is 15.1. The summed E-state index contributed by atoms with van der Waals surface area (Å²) >= 11 is 0. The van der Waals surface area contributed by atoms with Crippen molar-refractivity contribution in [1.29, 1.82) is 0 Å². The predicted octanol–water partition coefficient (Wildman–Crippen LogP) is 2.29. The first kappa shape index (κ1) is 12.2. The molecule has 0 aliphatic heterocycles. The van der Waals surface area contributed by atoms with Gasteiger partial charge in [-0.1, -0.05) is 0 Å². The number of ether oxygens (including phenoxy) is 1. The lowest BCUT2D eigenvalue weighted by molar-refractivity contribution is 0.227. The molecule has 1 fully saturated rings. The Morgan fingerprint density at radius 2 is 2.16 bits per heavy atom. The number of pyridine rings is 1. The van der Waals surface area contributed by atoms with Crippen molar-refractivity contribution in [2.45, 2.75) is 18.9 Å². The van der Waals surface area contributed by atoms with Gasteiger partial charge in [-0.2, -0.15) is 0 Å². The van der Waals surface area contributed by atoms with Crippen LogP contribution in [0.4, 0.5) is 5.69 Å². The summed E-state index contributed by atoms with van der Waals surface area (Å²) in [6.45, 7) is 1.63. The van der Waals surface area contributed by atoms with Crippen molar-refractivity contribution in [2.24, 2.45) is 0 Å². The van der Waals surface area contributed by atoms with E-state index in [2.05, 4.69) is 16.9 Å². The largest absolute Gasteiger partial charge is 0.476 e. The van der Waals surface area contributed by atoms with Crippen LogP contribution in [0.1, 0.15) is 12.8 Å². The van der Waals surface area contributed by atoms with E-state index in [1.54, 1.807) is 0 Å². The number of benzene rings is 1. The van der Waals surface area contributed by atoms with E-state index in [9.17, 15) is 0 Å². The zero-order chi connectivity index (χ0) is 13.2. The molecule has 1 aliphatic rings. The van der Waals surface area contributed by atoms with E-state index in [-0.39, 0.29) is 0 Å². The molecule has 19 heavy (non-hydrogen) atoms. The van der Waals surface area contributed by atoms with Gasteiger partial charge in [0, 0.05) is 29.7 Å². The fourth-order valence-electron chi connectivity index (χ4n) is 2.20. The number of fused-ring (bicyclic) bond motifs is 1. The van der Waals surface area contributed by atoms with Gasteiger partial charge in [0.15, 0.2) is 0 Å². The third-order valence-corrected chi connectivity index (χ3v) is 3.55. The van der Waals surface area contributed by atoms with Gasteiger partial charge in [0.1, 0.15) is 6.61 Å². The monoisotopic (exact) mass is 257 g/mol. The van der Waals surface area contributed by atoms with Crippen molar-refractivity contribution in [3.63, 3.8) is 0 Å². The summed E-state index contributed by atoms with van der Waals surface area (Å²) in [7, 11) is 2.15. The number of nitrogen functional groups attached to an aromatic ring is 1. The fraction of sp³-hybridized carbons (Fsp3) is 0.400. The van der Waals surface area contributed by atoms with Crippen molar-refractivity contribution in [3.8, 4) is 5.88 Å². The van der Waals surface area contributed by atoms with Gasteiger partial charge in [-0.15, -0.1) is 0 Å². The molecule has 1 aromatic carbocycles. The van der Waals surface area contributed by atoms with Crippen LogP contribution < -0.4 is 10.5 Å². The lowest BCUT2D eigenvalue weighted by Gasteiger charge is -2.15. The van der Waals surface area contributed by atoms with Gasteiger partial charge in [-0.25, -0.2) is 4.98 Å². The molecule has 0 amide bonds. The molecule has 0 unspecified atom stereocenters. The smallest absolute Gasteiger partial charge is 0.213 e. The molecule has 0 atom stereocenters. The first-order valence-corrected chi connectivity index (χ1v) is 6.72. The van der Waals surface area contributed by atoms with Gasteiger partial charge in [0.2, 0.25) is 5.88 Å². The highest BCUT2D eigenvalue weighted by atomic mass is 16.5. The molecule has 3 rings (SSSR count). The first-order valence-electron chi connectivity index (χ1n) is 6.72. The summed E-state index contributed by atoms with van der Waals surface area (Å²) in [6.07, 6.45) is 2.65. The molecule has 4 heteroatoms. The van der Waals surface area contributed by atoms with Crippen molar-refractivity contribution in [3.05, 3.63) is 30.3 Å². The standard InChI is InChI=1S/C15H19N3O/c1-18(13-4-5-13)8-9-19-15-7-2-11-10-12(16)3-6-14(11)17-15/h2-3,6-7,10,13H,4-5,8-9,16H2,1H3. The van der Waals surface area contributed by atoms with Gasteiger partial charge >= 0.3 is 0 Å². The predicted molar refractivity (Wildman–Crippen MR) is 77.3 cm³/mol. The van der Waals surface area contributed by atoms with Crippen LogP contribution in [0.5, 0.6) is 5.88 Å². The van der Waals surface area contributed by atoms with Crippen LogP contribution in [-0.2, 0) is 0 Å². The average molecular weight is 257 g/mol. The van der Waals surface area contributed by atoms with Crippen LogP contribution in [0, 0.1) is 0 Å². The Morgan fingerprint density at radius 3 is 2.95 bits per heavy atom. The molecular formula is C15H19N3O. The Kier molecular flexibility index (Phi) is 3.25. The number of likely N-dealkylation sites (N-methyl/N-ethyl adjacent to an activating group) is 1. The highest BCUT2D eigenvalue weighted by molar-refractivity contribution is 5.82. The Hall–Kier alpha value is -1.81. The second-order valence-corrected chi connectivity index (χ2v) is 5.16. The summed E-state index contributed by atoms with van der Waals surface area (Å²) in [5, 5.41) is 1.04. The summed E-state index contributed by atoms with van der Waals surface area (Å²) in [5.74, 6) is 0.682. The van der Waals surface area contributed by atoms with Crippen LogP contribution >= 0.6 is 0 Å². The molecule has 0 spiro atoms. The molecule has 0 radical (unpaired) electrons. The second kappa shape index (κ2) is 5.05. The molecule has 1 aliphatic carbocycles. The van der Waals surface area contributed by atoms with E-state index in [0.717, 1.165) is 29.2 Å².